The molecule has 9 heavy (non-hydrogen) atoms. The van der Waals surface area contributed by atoms with Crippen molar-refractivity contribution in [1.82, 2.24) is 5.32 Å². The van der Waals surface area contributed by atoms with Crippen LogP contribution in [-0.2, 0) is 4.84 Å². The van der Waals surface area contributed by atoms with Gasteiger partial charge in [0, 0.05) is 6.04 Å². The van der Waals surface area contributed by atoms with Crippen molar-refractivity contribution in [2.45, 2.75) is 26.3 Å². The summed E-state index contributed by atoms with van der Waals surface area (Å²) < 4.78 is 0. The van der Waals surface area contributed by atoms with Crippen molar-refractivity contribution < 1.29 is 9.63 Å². The monoisotopic (exact) mass is 132 g/mol. The first-order chi connectivity index (χ1) is 4.20. The van der Waals surface area contributed by atoms with Crippen molar-refractivity contribution in [1.29, 1.82) is 0 Å². The molecule has 0 spiro atoms. The second-order valence-electron chi connectivity index (χ2n) is 1.86. The van der Waals surface area contributed by atoms with Gasteiger partial charge in [-0.3, -0.25) is 0 Å². The van der Waals surface area contributed by atoms with Crippen molar-refractivity contribution in [2.75, 3.05) is 0 Å². The average Bonchev–Trinajstić information content (AvgIpc) is 1.87. The van der Waals surface area contributed by atoms with E-state index in [-0.39, 0.29) is 6.04 Å². The molecule has 0 aliphatic carbocycles. The van der Waals surface area contributed by atoms with Gasteiger partial charge in [-0.25, -0.2) is 4.79 Å². The number of carbonyl (C=O) groups is 1. The number of nitrogens with one attached hydrogen (secondary N) is 1. The Balaban J connectivity index is 3.34. The van der Waals surface area contributed by atoms with E-state index >= 15 is 0 Å². The van der Waals surface area contributed by atoms with Gasteiger partial charge in [-0.15, -0.1) is 0 Å². The molecule has 54 valence electrons. The van der Waals surface area contributed by atoms with Crippen LogP contribution in [0.4, 0.5) is 4.79 Å². The lowest BCUT2D eigenvalue weighted by Crippen LogP contribution is -2.33. The quantitative estimate of drug-likeness (QED) is 0.534. The standard InChI is InChI=1S/C5H12N2O2/c1-3-4(2)7-5(8)9-6/h4H,3,6H2,1-2H3,(H,7,8). The average molecular weight is 132 g/mol. The molecule has 0 aliphatic rings. The molecular formula is C5H12N2O2. The van der Waals surface area contributed by atoms with Crippen molar-refractivity contribution in [3.05, 3.63) is 0 Å². The first-order valence-corrected chi connectivity index (χ1v) is 2.88. The van der Waals surface area contributed by atoms with Crippen molar-refractivity contribution >= 4 is 6.09 Å². The summed E-state index contributed by atoms with van der Waals surface area (Å²) >= 11 is 0. The van der Waals surface area contributed by atoms with Crippen LogP contribution < -0.4 is 11.2 Å². The largest absolute Gasteiger partial charge is 0.426 e. The van der Waals surface area contributed by atoms with Crippen molar-refractivity contribution in [2.24, 2.45) is 5.90 Å². The molecule has 0 aromatic carbocycles. The topological polar surface area (TPSA) is 64.3 Å². The number of hydrogen-bond acceptors (Lipinski definition) is 3. The maximum Gasteiger partial charge on any atom is 0.426 e. The van der Waals surface area contributed by atoms with E-state index in [1.165, 1.54) is 0 Å². The smallest absolute Gasteiger partial charge is 0.357 e. The molecule has 0 aromatic heterocycles. The van der Waals surface area contributed by atoms with E-state index in [1.807, 2.05) is 13.8 Å². The molecule has 4 nitrogen and oxygen atoms in total. The molecule has 1 unspecified atom stereocenters. The van der Waals surface area contributed by atoms with Gasteiger partial charge in [0.05, 0.1) is 0 Å². The molecule has 1 amide bonds. The SMILES string of the molecule is CCC(C)NC(=O)ON. The normalized spacial score (nSPS) is 12.3. The first-order valence-electron chi connectivity index (χ1n) is 2.88. The van der Waals surface area contributed by atoms with Gasteiger partial charge in [0.25, 0.3) is 0 Å². The molecule has 0 radical (unpaired) electrons. The Bertz CT molecular complexity index is 95.0. The van der Waals surface area contributed by atoms with Gasteiger partial charge >= 0.3 is 6.09 Å². The van der Waals surface area contributed by atoms with Crippen LogP contribution in [0.3, 0.4) is 0 Å². The Kier molecular flexibility index (Phi) is 3.79. The lowest BCUT2D eigenvalue weighted by atomic mass is 10.3. The van der Waals surface area contributed by atoms with Gasteiger partial charge in [-0.05, 0) is 13.3 Å². The molecule has 0 saturated heterocycles. The zero-order chi connectivity index (χ0) is 7.28. The molecule has 0 aliphatic heterocycles. The fourth-order valence-corrected chi connectivity index (χ4v) is 0.337. The van der Waals surface area contributed by atoms with E-state index in [0.29, 0.717) is 0 Å². The number of carbonyl (C=O) groups excluding carboxylic acids is 1. The van der Waals surface area contributed by atoms with Crippen LogP contribution in [-0.4, -0.2) is 12.1 Å². The predicted octanol–water partition coefficient (Wildman–Crippen LogP) is 0.385. The van der Waals surface area contributed by atoms with Crippen LogP contribution in [0.5, 0.6) is 0 Å². The first kappa shape index (κ1) is 8.23. The molecule has 1 atom stereocenters. The molecule has 0 bridgehead atoms. The molecular weight excluding hydrogens is 120 g/mol. The predicted molar refractivity (Wildman–Crippen MR) is 33.6 cm³/mol. The highest BCUT2D eigenvalue weighted by Crippen LogP contribution is 1.86. The fraction of sp³-hybridized carbons (Fsp3) is 0.800. The third kappa shape index (κ3) is 3.78. The number of amides is 1. The second-order valence-corrected chi connectivity index (χ2v) is 1.86. The van der Waals surface area contributed by atoms with Gasteiger partial charge in [0.2, 0.25) is 0 Å². The molecule has 0 fully saturated rings. The molecule has 0 rings (SSSR count). The highest BCUT2D eigenvalue weighted by atomic mass is 16.7. The zero-order valence-corrected chi connectivity index (χ0v) is 5.68. The van der Waals surface area contributed by atoms with Crippen molar-refractivity contribution in [3.8, 4) is 0 Å². The van der Waals surface area contributed by atoms with E-state index in [1.54, 1.807) is 0 Å². The summed E-state index contributed by atoms with van der Waals surface area (Å²) in [6.45, 7) is 3.83. The molecule has 0 heterocycles. The van der Waals surface area contributed by atoms with Gasteiger partial charge in [-0.2, -0.15) is 5.90 Å². The summed E-state index contributed by atoms with van der Waals surface area (Å²) in [6, 6.07) is 0.126. The van der Waals surface area contributed by atoms with Gasteiger partial charge in [0.1, 0.15) is 0 Å². The second kappa shape index (κ2) is 4.14. The van der Waals surface area contributed by atoms with Crippen molar-refractivity contribution in [3.63, 3.8) is 0 Å². The highest BCUT2D eigenvalue weighted by Gasteiger charge is 2.02. The minimum absolute atomic E-state index is 0.126. The molecule has 0 aromatic rings. The maximum absolute atomic E-state index is 10.3. The van der Waals surface area contributed by atoms with Crippen LogP contribution in [0.2, 0.25) is 0 Å². The Morgan fingerprint density at radius 3 is 2.78 bits per heavy atom. The van der Waals surface area contributed by atoms with Crippen LogP contribution in [0.1, 0.15) is 20.3 Å². The zero-order valence-electron chi connectivity index (χ0n) is 5.68. The maximum atomic E-state index is 10.3. The Morgan fingerprint density at radius 1 is 1.89 bits per heavy atom. The van der Waals surface area contributed by atoms with Gasteiger partial charge in [0.15, 0.2) is 0 Å². The Hall–Kier alpha value is -0.770. The summed E-state index contributed by atoms with van der Waals surface area (Å²) in [6.07, 6.45) is 0.291. The number of hydrogen-bond donors (Lipinski definition) is 2. The Morgan fingerprint density at radius 2 is 2.44 bits per heavy atom. The summed E-state index contributed by atoms with van der Waals surface area (Å²) in [5.74, 6) is 4.56. The summed E-state index contributed by atoms with van der Waals surface area (Å²) in [5, 5.41) is 2.49. The Labute approximate surface area is 54.3 Å². The number of nitrogens with two attached hydrogens (primary N) is 1. The van der Waals surface area contributed by atoms with E-state index < -0.39 is 6.09 Å². The van der Waals surface area contributed by atoms with Crippen LogP contribution in [0, 0.1) is 0 Å². The van der Waals surface area contributed by atoms with Crippen LogP contribution in [0.15, 0.2) is 0 Å². The van der Waals surface area contributed by atoms with Gasteiger partial charge in [-0.1, -0.05) is 6.92 Å². The lowest BCUT2D eigenvalue weighted by molar-refractivity contribution is 0.144. The molecule has 4 heteroatoms. The molecule has 0 saturated carbocycles. The molecule has 3 N–H and O–H groups in total. The third-order valence-corrected chi connectivity index (χ3v) is 1.08. The van der Waals surface area contributed by atoms with E-state index in [2.05, 4.69) is 16.1 Å². The summed E-state index contributed by atoms with van der Waals surface area (Å²) in [5.41, 5.74) is 0. The van der Waals surface area contributed by atoms with Crippen LogP contribution in [0.25, 0.3) is 0 Å². The van der Waals surface area contributed by atoms with E-state index in [0.717, 1.165) is 6.42 Å². The van der Waals surface area contributed by atoms with E-state index in [9.17, 15) is 4.79 Å². The van der Waals surface area contributed by atoms with Crippen LogP contribution >= 0.6 is 0 Å². The third-order valence-electron chi connectivity index (χ3n) is 1.08. The summed E-state index contributed by atoms with van der Waals surface area (Å²) in [7, 11) is 0. The highest BCUT2D eigenvalue weighted by molar-refractivity contribution is 5.66. The van der Waals surface area contributed by atoms with Gasteiger partial charge < -0.3 is 10.2 Å². The number of rotatable bonds is 2. The fourth-order valence-electron chi connectivity index (χ4n) is 0.337. The van der Waals surface area contributed by atoms with E-state index in [4.69, 9.17) is 0 Å². The minimum atomic E-state index is -0.579. The minimum Gasteiger partial charge on any atom is -0.357 e. The summed E-state index contributed by atoms with van der Waals surface area (Å²) in [4.78, 5) is 14.2. The lowest BCUT2D eigenvalue weighted by Gasteiger charge is -2.07.